The van der Waals surface area contributed by atoms with Gasteiger partial charge in [-0.2, -0.15) is 0 Å². The van der Waals surface area contributed by atoms with Gasteiger partial charge < -0.3 is 10.1 Å². The fourth-order valence-corrected chi connectivity index (χ4v) is 3.96. The third kappa shape index (κ3) is 4.75. The monoisotopic (exact) mass is 267 g/mol. The molecule has 2 aliphatic rings. The predicted molar refractivity (Wildman–Crippen MR) is 81.4 cm³/mol. The minimum absolute atomic E-state index is 0.777. The lowest BCUT2D eigenvalue weighted by Gasteiger charge is -2.31. The molecule has 2 nitrogen and oxygen atoms in total. The van der Waals surface area contributed by atoms with Crippen molar-refractivity contribution in [3.8, 4) is 0 Å². The lowest BCUT2D eigenvalue weighted by molar-refractivity contribution is 0.0578. The summed E-state index contributed by atoms with van der Waals surface area (Å²) in [6, 6.07) is 0.777. The van der Waals surface area contributed by atoms with Gasteiger partial charge in [0.25, 0.3) is 0 Å². The van der Waals surface area contributed by atoms with Crippen LogP contribution in [0.1, 0.15) is 65.2 Å². The van der Waals surface area contributed by atoms with E-state index >= 15 is 0 Å². The predicted octanol–water partition coefficient (Wildman–Crippen LogP) is 4.00. The zero-order valence-electron chi connectivity index (χ0n) is 13.0. The average molecular weight is 267 g/mol. The van der Waals surface area contributed by atoms with E-state index in [0.717, 1.165) is 37.0 Å². The van der Waals surface area contributed by atoms with Crippen molar-refractivity contribution < 1.29 is 4.74 Å². The van der Waals surface area contributed by atoms with Crippen molar-refractivity contribution in [2.75, 3.05) is 19.8 Å². The van der Waals surface area contributed by atoms with Gasteiger partial charge in [0.1, 0.15) is 0 Å². The summed E-state index contributed by atoms with van der Waals surface area (Å²) in [7, 11) is 0. The summed E-state index contributed by atoms with van der Waals surface area (Å²) >= 11 is 0. The lowest BCUT2D eigenvalue weighted by atomic mass is 9.85. The third-order valence-electron chi connectivity index (χ3n) is 5.31. The zero-order valence-corrected chi connectivity index (χ0v) is 13.0. The topological polar surface area (TPSA) is 21.3 Å². The Morgan fingerprint density at radius 1 is 1.05 bits per heavy atom. The largest absolute Gasteiger partial charge is 0.381 e. The van der Waals surface area contributed by atoms with Gasteiger partial charge in [-0.1, -0.05) is 26.7 Å². The maximum absolute atomic E-state index is 5.50. The summed E-state index contributed by atoms with van der Waals surface area (Å²) in [5.74, 6) is 2.86. The molecular formula is C17H33NO. The standard InChI is InChI=1S/C17H33NO/c1-3-9-18-17(13-15-7-10-19-11-8-15)16-6-5-14(4-2)12-16/h14-18H,3-13H2,1-2H3. The summed E-state index contributed by atoms with van der Waals surface area (Å²) in [4.78, 5) is 0. The van der Waals surface area contributed by atoms with Gasteiger partial charge in [0.05, 0.1) is 0 Å². The molecule has 19 heavy (non-hydrogen) atoms. The zero-order chi connectivity index (χ0) is 13.5. The number of rotatable bonds is 7. The summed E-state index contributed by atoms with van der Waals surface area (Å²) in [5.41, 5.74) is 0. The first-order valence-electron chi connectivity index (χ1n) is 8.64. The Labute approximate surface area is 119 Å². The Kier molecular flexibility index (Phi) is 6.66. The first kappa shape index (κ1) is 15.3. The fourth-order valence-electron chi connectivity index (χ4n) is 3.96. The molecule has 0 amide bonds. The van der Waals surface area contributed by atoms with E-state index < -0.39 is 0 Å². The molecule has 0 radical (unpaired) electrons. The van der Waals surface area contributed by atoms with E-state index in [-0.39, 0.29) is 0 Å². The van der Waals surface area contributed by atoms with E-state index in [2.05, 4.69) is 19.2 Å². The van der Waals surface area contributed by atoms with Crippen LogP contribution in [0, 0.1) is 17.8 Å². The van der Waals surface area contributed by atoms with E-state index in [1.54, 1.807) is 0 Å². The van der Waals surface area contributed by atoms with Gasteiger partial charge in [-0.3, -0.25) is 0 Å². The highest BCUT2D eigenvalue weighted by molar-refractivity contribution is 4.86. The van der Waals surface area contributed by atoms with Gasteiger partial charge >= 0.3 is 0 Å². The Morgan fingerprint density at radius 3 is 2.47 bits per heavy atom. The fraction of sp³-hybridized carbons (Fsp3) is 1.00. The molecular weight excluding hydrogens is 234 g/mol. The molecule has 1 saturated heterocycles. The van der Waals surface area contributed by atoms with Crippen LogP contribution < -0.4 is 5.32 Å². The normalized spacial score (nSPS) is 30.6. The lowest BCUT2D eigenvalue weighted by Crippen LogP contribution is -2.38. The van der Waals surface area contributed by atoms with E-state index in [9.17, 15) is 0 Å². The quantitative estimate of drug-likeness (QED) is 0.753. The summed E-state index contributed by atoms with van der Waals surface area (Å²) in [6.45, 7) is 7.82. The smallest absolute Gasteiger partial charge is 0.0468 e. The van der Waals surface area contributed by atoms with Crippen molar-refractivity contribution in [1.82, 2.24) is 5.32 Å². The van der Waals surface area contributed by atoms with E-state index in [0.29, 0.717) is 0 Å². The number of ether oxygens (including phenoxy) is 1. The Balaban J connectivity index is 1.83. The molecule has 0 aromatic rings. The summed E-state index contributed by atoms with van der Waals surface area (Å²) in [6.07, 6.45) is 11.0. The molecule has 2 fully saturated rings. The molecule has 0 aromatic heterocycles. The van der Waals surface area contributed by atoms with Gasteiger partial charge in [0.2, 0.25) is 0 Å². The Hall–Kier alpha value is -0.0800. The van der Waals surface area contributed by atoms with Gasteiger partial charge in [-0.25, -0.2) is 0 Å². The number of nitrogens with one attached hydrogen (secondary N) is 1. The molecule has 3 atom stereocenters. The summed E-state index contributed by atoms with van der Waals surface area (Å²) < 4.78 is 5.50. The van der Waals surface area contributed by atoms with E-state index in [1.165, 1.54) is 57.9 Å². The van der Waals surface area contributed by atoms with Crippen LogP contribution in [0.5, 0.6) is 0 Å². The molecule has 112 valence electrons. The number of hydrogen-bond acceptors (Lipinski definition) is 2. The van der Waals surface area contributed by atoms with Crippen LogP contribution in [-0.4, -0.2) is 25.8 Å². The van der Waals surface area contributed by atoms with Crippen LogP contribution in [0.2, 0.25) is 0 Å². The molecule has 1 aliphatic heterocycles. The van der Waals surface area contributed by atoms with E-state index in [4.69, 9.17) is 4.74 Å². The van der Waals surface area contributed by atoms with Crippen molar-refractivity contribution in [3.05, 3.63) is 0 Å². The SMILES string of the molecule is CCCNC(CC1CCOCC1)C1CCC(CC)C1. The van der Waals surface area contributed by atoms with E-state index in [1.807, 2.05) is 0 Å². The van der Waals surface area contributed by atoms with Gasteiger partial charge in [0, 0.05) is 19.3 Å². The molecule has 0 bridgehead atoms. The second-order valence-electron chi connectivity index (χ2n) is 6.70. The first-order valence-corrected chi connectivity index (χ1v) is 8.64. The van der Waals surface area contributed by atoms with Crippen LogP contribution in [0.15, 0.2) is 0 Å². The summed E-state index contributed by atoms with van der Waals surface area (Å²) in [5, 5.41) is 3.86. The first-order chi connectivity index (χ1) is 9.33. The highest BCUT2D eigenvalue weighted by Gasteiger charge is 2.31. The molecule has 3 unspecified atom stereocenters. The molecule has 1 saturated carbocycles. The van der Waals surface area contributed by atoms with Crippen molar-refractivity contribution in [2.45, 2.75) is 71.3 Å². The Morgan fingerprint density at radius 2 is 1.84 bits per heavy atom. The highest BCUT2D eigenvalue weighted by atomic mass is 16.5. The van der Waals surface area contributed by atoms with Crippen molar-refractivity contribution in [2.24, 2.45) is 17.8 Å². The van der Waals surface area contributed by atoms with Crippen LogP contribution in [0.3, 0.4) is 0 Å². The van der Waals surface area contributed by atoms with Gasteiger partial charge in [-0.05, 0) is 62.8 Å². The minimum atomic E-state index is 0.777. The minimum Gasteiger partial charge on any atom is -0.381 e. The molecule has 2 heteroatoms. The maximum Gasteiger partial charge on any atom is 0.0468 e. The number of hydrogen-bond donors (Lipinski definition) is 1. The molecule has 1 heterocycles. The second-order valence-corrected chi connectivity index (χ2v) is 6.70. The van der Waals surface area contributed by atoms with Crippen LogP contribution in [-0.2, 0) is 4.74 Å². The van der Waals surface area contributed by atoms with Crippen molar-refractivity contribution in [1.29, 1.82) is 0 Å². The third-order valence-corrected chi connectivity index (χ3v) is 5.31. The molecule has 2 rings (SSSR count). The van der Waals surface area contributed by atoms with Crippen molar-refractivity contribution in [3.63, 3.8) is 0 Å². The van der Waals surface area contributed by atoms with Crippen molar-refractivity contribution >= 4 is 0 Å². The van der Waals surface area contributed by atoms with Gasteiger partial charge in [0.15, 0.2) is 0 Å². The second kappa shape index (κ2) is 8.26. The average Bonchev–Trinajstić information content (AvgIpc) is 2.93. The maximum atomic E-state index is 5.50. The van der Waals surface area contributed by atoms with Crippen LogP contribution in [0.4, 0.5) is 0 Å². The molecule has 1 aliphatic carbocycles. The van der Waals surface area contributed by atoms with Gasteiger partial charge in [-0.15, -0.1) is 0 Å². The molecule has 1 N–H and O–H groups in total. The van der Waals surface area contributed by atoms with Crippen LogP contribution >= 0.6 is 0 Å². The molecule has 0 spiro atoms. The van der Waals surface area contributed by atoms with Crippen LogP contribution in [0.25, 0.3) is 0 Å². The highest BCUT2D eigenvalue weighted by Crippen LogP contribution is 2.37. The molecule has 0 aromatic carbocycles. The Bertz CT molecular complexity index is 237.